The van der Waals surface area contributed by atoms with E-state index in [0.717, 1.165) is 5.69 Å². The third-order valence-corrected chi connectivity index (χ3v) is 3.76. The molecule has 1 aromatic carbocycles. The first-order valence-electron chi connectivity index (χ1n) is 6.03. The topological polar surface area (TPSA) is 62.2 Å². The highest BCUT2D eigenvalue weighted by molar-refractivity contribution is 7.14. The van der Waals surface area contributed by atoms with Crippen molar-refractivity contribution in [3.05, 3.63) is 39.9 Å². The van der Waals surface area contributed by atoms with Crippen LogP contribution in [-0.4, -0.2) is 16.0 Å². The minimum atomic E-state index is -0.304. The van der Waals surface area contributed by atoms with Crippen LogP contribution in [0.2, 0.25) is 5.02 Å². The van der Waals surface area contributed by atoms with Crippen molar-refractivity contribution in [1.82, 2.24) is 4.98 Å². The van der Waals surface area contributed by atoms with Gasteiger partial charge in [0.1, 0.15) is 5.75 Å². The zero-order chi connectivity index (χ0) is 14.9. The van der Waals surface area contributed by atoms with E-state index in [1.165, 1.54) is 29.5 Å². The van der Waals surface area contributed by atoms with E-state index in [0.29, 0.717) is 10.7 Å². The highest BCUT2D eigenvalue weighted by Gasteiger charge is 2.18. The van der Waals surface area contributed by atoms with Crippen LogP contribution in [0.3, 0.4) is 0 Å². The van der Waals surface area contributed by atoms with Crippen molar-refractivity contribution in [3.63, 3.8) is 0 Å². The van der Waals surface area contributed by atoms with Gasteiger partial charge in [-0.05, 0) is 18.2 Å². The van der Waals surface area contributed by atoms with Gasteiger partial charge in [-0.1, -0.05) is 32.4 Å². The molecule has 0 saturated heterocycles. The summed E-state index contributed by atoms with van der Waals surface area (Å²) in [5.74, 6) is -0.353. The van der Waals surface area contributed by atoms with E-state index in [1.54, 1.807) is 0 Å². The van der Waals surface area contributed by atoms with Crippen molar-refractivity contribution in [3.8, 4) is 5.75 Å². The summed E-state index contributed by atoms with van der Waals surface area (Å²) in [7, 11) is 0. The number of nitrogens with one attached hydrogen (secondary N) is 1. The molecule has 1 amide bonds. The van der Waals surface area contributed by atoms with Gasteiger partial charge in [-0.3, -0.25) is 10.1 Å². The number of aromatic hydroxyl groups is 1. The summed E-state index contributed by atoms with van der Waals surface area (Å²) in [6, 6.07) is 4.32. The Hall–Kier alpha value is -1.59. The first-order chi connectivity index (χ1) is 9.27. The van der Waals surface area contributed by atoms with Crippen molar-refractivity contribution in [2.24, 2.45) is 0 Å². The molecule has 2 rings (SSSR count). The number of nitrogens with zero attached hydrogens (tertiary/aromatic N) is 1. The Morgan fingerprint density at radius 2 is 2.10 bits per heavy atom. The third kappa shape index (κ3) is 3.29. The lowest BCUT2D eigenvalue weighted by Gasteiger charge is -2.14. The number of anilines is 1. The van der Waals surface area contributed by atoms with Crippen LogP contribution in [0.1, 0.15) is 36.8 Å². The second-order valence-electron chi connectivity index (χ2n) is 5.41. The van der Waals surface area contributed by atoms with E-state index in [4.69, 9.17) is 11.6 Å². The van der Waals surface area contributed by atoms with Crippen LogP contribution >= 0.6 is 22.9 Å². The second-order valence-corrected chi connectivity index (χ2v) is 6.67. The van der Waals surface area contributed by atoms with Crippen LogP contribution in [0.25, 0.3) is 0 Å². The number of hydrogen-bond acceptors (Lipinski definition) is 4. The fourth-order valence-corrected chi connectivity index (χ4v) is 2.61. The maximum atomic E-state index is 12.1. The molecule has 2 N–H and O–H groups in total. The molecule has 0 spiro atoms. The van der Waals surface area contributed by atoms with E-state index in [1.807, 2.05) is 5.38 Å². The number of benzene rings is 1. The van der Waals surface area contributed by atoms with Crippen LogP contribution in [0.15, 0.2) is 23.6 Å². The lowest BCUT2D eigenvalue weighted by molar-refractivity contribution is 0.102. The number of hydrogen-bond donors (Lipinski definition) is 2. The third-order valence-electron chi connectivity index (χ3n) is 2.70. The molecule has 106 valence electrons. The summed E-state index contributed by atoms with van der Waals surface area (Å²) in [5, 5.41) is 14.7. The molecule has 0 bridgehead atoms. The van der Waals surface area contributed by atoms with Crippen LogP contribution < -0.4 is 5.32 Å². The monoisotopic (exact) mass is 310 g/mol. The van der Waals surface area contributed by atoms with Crippen molar-refractivity contribution in [2.75, 3.05) is 5.32 Å². The minimum Gasteiger partial charge on any atom is -0.506 e. The molecule has 0 aliphatic carbocycles. The summed E-state index contributed by atoms with van der Waals surface area (Å²) in [6.45, 7) is 6.19. The Bertz CT molecular complexity index is 647. The summed E-state index contributed by atoms with van der Waals surface area (Å²) in [6.07, 6.45) is 0. The van der Waals surface area contributed by atoms with Crippen molar-refractivity contribution >= 4 is 34.0 Å². The van der Waals surface area contributed by atoms with Crippen LogP contribution in [-0.2, 0) is 5.41 Å². The zero-order valence-corrected chi connectivity index (χ0v) is 13.0. The van der Waals surface area contributed by atoms with E-state index in [9.17, 15) is 9.90 Å². The van der Waals surface area contributed by atoms with Gasteiger partial charge in [0.05, 0.1) is 10.7 Å². The van der Waals surface area contributed by atoms with Gasteiger partial charge in [0.15, 0.2) is 5.13 Å². The molecule has 2 aromatic rings. The van der Waals surface area contributed by atoms with Gasteiger partial charge in [0, 0.05) is 16.4 Å². The lowest BCUT2D eigenvalue weighted by Crippen LogP contribution is -2.14. The normalized spacial score (nSPS) is 11.4. The van der Waals surface area contributed by atoms with E-state index >= 15 is 0 Å². The average Bonchev–Trinajstić information content (AvgIpc) is 2.81. The predicted octanol–water partition coefficient (Wildman–Crippen LogP) is 4.05. The summed E-state index contributed by atoms with van der Waals surface area (Å²) in [5.41, 5.74) is 1.25. The maximum Gasteiger partial charge on any atom is 0.257 e. The molecule has 0 unspecified atom stereocenters. The molecular weight excluding hydrogens is 296 g/mol. The van der Waals surface area contributed by atoms with Gasteiger partial charge in [-0.25, -0.2) is 4.98 Å². The van der Waals surface area contributed by atoms with E-state index in [-0.39, 0.29) is 22.1 Å². The smallest absolute Gasteiger partial charge is 0.257 e. The molecule has 0 fully saturated rings. The number of amides is 1. The number of rotatable bonds is 2. The number of aromatic nitrogens is 1. The Morgan fingerprint density at radius 1 is 1.40 bits per heavy atom. The number of carbonyl (C=O) groups is 1. The SMILES string of the molecule is CC(C)(C)c1csc(NC(=O)c2ccc(O)c(Cl)c2)n1. The quantitative estimate of drug-likeness (QED) is 0.879. The Kier molecular flexibility index (Phi) is 4.01. The number of phenolic OH excluding ortho intramolecular Hbond substituents is 1. The number of phenols is 1. The van der Waals surface area contributed by atoms with E-state index in [2.05, 4.69) is 31.1 Å². The fraction of sp³-hybridized carbons (Fsp3) is 0.286. The van der Waals surface area contributed by atoms with Gasteiger partial charge in [0.2, 0.25) is 0 Å². The first-order valence-corrected chi connectivity index (χ1v) is 7.29. The predicted molar refractivity (Wildman–Crippen MR) is 81.9 cm³/mol. The fourth-order valence-electron chi connectivity index (χ4n) is 1.49. The average molecular weight is 311 g/mol. The van der Waals surface area contributed by atoms with Gasteiger partial charge < -0.3 is 5.11 Å². The highest BCUT2D eigenvalue weighted by atomic mass is 35.5. The van der Waals surface area contributed by atoms with Gasteiger partial charge in [0.25, 0.3) is 5.91 Å². The Balaban J connectivity index is 2.15. The minimum absolute atomic E-state index is 0.0486. The molecular formula is C14H15ClN2O2S. The molecule has 0 aliphatic heterocycles. The van der Waals surface area contributed by atoms with E-state index < -0.39 is 0 Å². The van der Waals surface area contributed by atoms with Crippen LogP contribution in [0, 0.1) is 0 Å². The van der Waals surface area contributed by atoms with Gasteiger partial charge in [-0.15, -0.1) is 11.3 Å². The van der Waals surface area contributed by atoms with Gasteiger partial charge >= 0.3 is 0 Å². The Morgan fingerprint density at radius 3 is 2.65 bits per heavy atom. The van der Waals surface area contributed by atoms with Gasteiger partial charge in [-0.2, -0.15) is 0 Å². The molecule has 1 heterocycles. The first kappa shape index (κ1) is 14.8. The molecule has 0 aliphatic rings. The summed E-state index contributed by atoms with van der Waals surface area (Å²) < 4.78 is 0. The standard InChI is InChI=1S/C14H15ClN2O2S/c1-14(2,3)11-7-20-13(16-11)17-12(19)8-4-5-10(18)9(15)6-8/h4-7,18H,1-3H3,(H,16,17,19). The highest BCUT2D eigenvalue weighted by Crippen LogP contribution is 2.27. The molecule has 0 atom stereocenters. The summed E-state index contributed by atoms with van der Waals surface area (Å²) in [4.78, 5) is 16.4. The zero-order valence-electron chi connectivity index (χ0n) is 11.4. The number of halogens is 1. The van der Waals surface area contributed by atoms with Crippen molar-refractivity contribution < 1.29 is 9.90 Å². The maximum absolute atomic E-state index is 12.1. The molecule has 0 radical (unpaired) electrons. The molecule has 0 saturated carbocycles. The van der Waals surface area contributed by atoms with Crippen molar-refractivity contribution in [1.29, 1.82) is 0 Å². The number of thiazole rings is 1. The summed E-state index contributed by atoms with van der Waals surface area (Å²) >= 11 is 7.16. The molecule has 6 heteroatoms. The second kappa shape index (κ2) is 5.42. The lowest BCUT2D eigenvalue weighted by atomic mass is 9.93. The van der Waals surface area contributed by atoms with Crippen LogP contribution in [0.5, 0.6) is 5.75 Å². The molecule has 1 aromatic heterocycles. The molecule has 4 nitrogen and oxygen atoms in total. The molecule has 20 heavy (non-hydrogen) atoms. The Labute approximate surface area is 126 Å². The largest absolute Gasteiger partial charge is 0.506 e. The van der Waals surface area contributed by atoms with Crippen molar-refractivity contribution in [2.45, 2.75) is 26.2 Å². The number of carbonyl (C=O) groups excluding carboxylic acids is 1. The van der Waals surface area contributed by atoms with Crippen LogP contribution in [0.4, 0.5) is 5.13 Å².